The first kappa shape index (κ1) is 45.7. The smallest absolute Gasteiger partial charge is 0.308 e. The highest BCUT2D eigenvalue weighted by Gasteiger charge is 2.69. The van der Waals surface area contributed by atoms with Gasteiger partial charge in [-0.3, -0.25) is 9.59 Å². The Kier molecular flexibility index (Phi) is 12.6. The van der Waals surface area contributed by atoms with Crippen LogP contribution in [0.15, 0.2) is 11.6 Å². The predicted molar refractivity (Wildman–Crippen MR) is 210 cm³/mol. The van der Waals surface area contributed by atoms with Crippen LogP contribution in [0, 0.1) is 40.4 Å². The Bertz CT molecular complexity index is 1660. The molecule has 0 aromatic heterocycles. The largest absolute Gasteiger partial charge is 0.481 e. The van der Waals surface area contributed by atoms with Crippen molar-refractivity contribution in [2.75, 3.05) is 13.2 Å². The summed E-state index contributed by atoms with van der Waals surface area (Å²) in [6.45, 7) is 9.35. The molecule has 4 heterocycles. The number of aliphatic hydroxyl groups excluding tert-OH is 6. The van der Waals surface area contributed by atoms with Crippen LogP contribution in [0.4, 0.5) is 0 Å². The van der Waals surface area contributed by atoms with Gasteiger partial charge >= 0.3 is 11.9 Å². The van der Waals surface area contributed by atoms with Gasteiger partial charge in [0.25, 0.3) is 0 Å². The number of carboxylic acid groups (broad SMARTS) is 1. The van der Waals surface area contributed by atoms with Crippen LogP contribution in [-0.4, -0.2) is 157 Å². The molecular weight excluding hydrogens is 800 g/mol. The highest BCUT2D eigenvalue weighted by Crippen LogP contribution is 2.71. The van der Waals surface area contributed by atoms with Gasteiger partial charge in [0, 0.05) is 12.3 Å². The Balaban J connectivity index is 0.901. The minimum absolute atomic E-state index is 0.0178. The van der Waals surface area contributed by atoms with Crippen LogP contribution >= 0.6 is 0 Å². The topological polar surface area (TPSA) is 261 Å². The average molecular weight is 869 g/mol. The molecule has 1 spiro atoms. The molecule has 0 radical (unpaired) electrons. The average Bonchev–Trinajstić information content (AvgIpc) is 3.83. The van der Waals surface area contributed by atoms with Gasteiger partial charge in [-0.2, -0.15) is 0 Å². The first-order chi connectivity index (χ1) is 28.7. The number of esters is 1. The van der Waals surface area contributed by atoms with Crippen molar-refractivity contribution in [3.63, 3.8) is 0 Å². The van der Waals surface area contributed by atoms with Gasteiger partial charge in [-0.05, 0) is 99.7 Å². The highest BCUT2D eigenvalue weighted by atomic mass is 16.8. The predicted octanol–water partition coefficient (Wildman–Crippen LogP) is 1.28. The van der Waals surface area contributed by atoms with Crippen molar-refractivity contribution in [3.05, 3.63) is 11.6 Å². The van der Waals surface area contributed by atoms with Crippen molar-refractivity contribution in [1.29, 1.82) is 0 Å². The summed E-state index contributed by atoms with van der Waals surface area (Å²) in [4.78, 5) is 23.5. The van der Waals surface area contributed by atoms with Crippen molar-refractivity contribution in [3.8, 4) is 0 Å². The van der Waals surface area contributed by atoms with E-state index >= 15 is 0 Å². The Morgan fingerprint density at radius 3 is 2.34 bits per heavy atom. The zero-order chi connectivity index (χ0) is 44.0. The minimum atomic E-state index is -1.70. The summed E-state index contributed by atoms with van der Waals surface area (Å²) in [5, 5.41) is 82.4. The zero-order valence-electron chi connectivity index (χ0n) is 35.9. The summed E-state index contributed by atoms with van der Waals surface area (Å²) in [7, 11) is 0. The molecule has 0 amide bonds. The lowest BCUT2D eigenvalue weighted by atomic mass is 9.47. The molecule has 8 N–H and O–H groups in total. The summed E-state index contributed by atoms with van der Waals surface area (Å²) >= 11 is 0. The van der Waals surface area contributed by atoms with E-state index < -0.39 is 104 Å². The molecule has 346 valence electrons. The van der Waals surface area contributed by atoms with E-state index in [0.717, 1.165) is 32.1 Å². The molecule has 8 rings (SSSR count). The summed E-state index contributed by atoms with van der Waals surface area (Å²) < 4.78 is 43.1. The number of allylic oxidation sites excluding steroid dienone is 1. The molecule has 0 unspecified atom stereocenters. The summed E-state index contributed by atoms with van der Waals surface area (Å²) in [5.74, 6) is -0.743. The lowest BCUT2D eigenvalue weighted by molar-refractivity contribution is -0.369. The van der Waals surface area contributed by atoms with E-state index in [0.29, 0.717) is 49.4 Å². The summed E-state index contributed by atoms with van der Waals surface area (Å²) in [6, 6.07) is 0. The Hall–Kier alpha value is -1.84. The monoisotopic (exact) mass is 868 g/mol. The number of carbonyl (C=O) groups is 2. The van der Waals surface area contributed by atoms with Gasteiger partial charge in [0.2, 0.25) is 0 Å². The highest BCUT2D eigenvalue weighted by molar-refractivity contribution is 5.73. The quantitative estimate of drug-likeness (QED) is 0.107. The molecule has 0 bridgehead atoms. The Morgan fingerprint density at radius 1 is 0.869 bits per heavy atom. The lowest BCUT2D eigenvalue weighted by Crippen LogP contribution is -2.64. The zero-order valence-corrected chi connectivity index (χ0v) is 35.9. The molecule has 8 aliphatic rings. The number of hydrogen-bond donors (Lipinski definition) is 8. The van der Waals surface area contributed by atoms with Gasteiger partial charge < -0.3 is 74.0 Å². The van der Waals surface area contributed by atoms with Crippen LogP contribution in [0.5, 0.6) is 0 Å². The number of rotatable bonds is 11. The van der Waals surface area contributed by atoms with Crippen LogP contribution in [0.25, 0.3) is 0 Å². The van der Waals surface area contributed by atoms with Gasteiger partial charge in [-0.1, -0.05) is 32.4 Å². The summed E-state index contributed by atoms with van der Waals surface area (Å²) in [5.41, 5.74) is -0.354. The third kappa shape index (κ3) is 8.14. The van der Waals surface area contributed by atoms with E-state index in [1.807, 2.05) is 0 Å². The lowest BCUT2D eigenvalue weighted by Gasteiger charge is -2.58. The van der Waals surface area contributed by atoms with Crippen LogP contribution in [0.1, 0.15) is 105 Å². The van der Waals surface area contributed by atoms with Crippen LogP contribution in [-0.2, 0) is 42.7 Å². The number of aliphatic carboxylic acids is 1. The minimum Gasteiger partial charge on any atom is -0.481 e. The third-order valence-corrected chi connectivity index (χ3v) is 16.6. The molecule has 7 fully saturated rings. The molecule has 22 atom stereocenters. The van der Waals surface area contributed by atoms with Gasteiger partial charge in [-0.15, -0.1) is 0 Å². The van der Waals surface area contributed by atoms with Crippen molar-refractivity contribution in [2.24, 2.45) is 40.4 Å². The molecule has 17 heteroatoms. The van der Waals surface area contributed by atoms with Gasteiger partial charge in [-0.25, -0.2) is 0 Å². The number of hydrogen-bond acceptors (Lipinski definition) is 16. The molecule has 4 aliphatic heterocycles. The first-order valence-corrected chi connectivity index (χ1v) is 22.5. The van der Waals surface area contributed by atoms with Gasteiger partial charge in [0.1, 0.15) is 49.3 Å². The second-order valence-electron chi connectivity index (χ2n) is 20.5. The van der Waals surface area contributed by atoms with Crippen LogP contribution in [0.2, 0.25) is 0 Å². The van der Waals surface area contributed by atoms with Gasteiger partial charge in [0.15, 0.2) is 18.4 Å². The number of carboxylic acids is 1. The molecule has 61 heavy (non-hydrogen) atoms. The summed E-state index contributed by atoms with van der Waals surface area (Å²) in [6.07, 6.45) is -5.33. The maximum Gasteiger partial charge on any atom is 0.308 e. The fraction of sp³-hybridized carbons (Fsp3) is 0.909. The number of fused-ring (bicyclic) bond motifs is 7. The van der Waals surface area contributed by atoms with Crippen molar-refractivity contribution < 1.29 is 83.6 Å². The molecule has 0 aromatic carbocycles. The first-order valence-electron chi connectivity index (χ1n) is 22.5. The molecule has 17 nitrogen and oxygen atoms in total. The fourth-order valence-corrected chi connectivity index (χ4v) is 13.4. The van der Waals surface area contributed by atoms with Gasteiger partial charge in [0.05, 0.1) is 49.5 Å². The molecule has 4 aliphatic carbocycles. The molecular formula is C44H68O17. The molecule has 4 saturated heterocycles. The second kappa shape index (κ2) is 16.9. The Morgan fingerprint density at radius 2 is 1.62 bits per heavy atom. The van der Waals surface area contributed by atoms with Crippen molar-refractivity contribution in [1.82, 2.24) is 0 Å². The normalized spacial score (nSPS) is 51.4. The van der Waals surface area contributed by atoms with E-state index in [1.165, 1.54) is 19.4 Å². The SMILES string of the molecule is C[C@@H]1O[C@@H](O[C@H]2[C@H](O[C@H]3CC[C@@]4(C)C(=CC[C@H]5[C@H]6C[C@@H]7O[C@]8(CC[C@@H](COC(=O)C[C@](C)(O)CC(=O)O)O8)[C@@H](C)[C@@H]7[C@@]6(C)CC[C@@H]54)C3)O[C@H](CO)[C@@H](O)[C@@H]2O)[C@H](O)[C@H](O)[C@H]1O. The Labute approximate surface area is 356 Å². The third-order valence-electron chi connectivity index (χ3n) is 16.6. The maximum absolute atomic E-state index is 12.5. The van der Waals surface area contributed by atoms with E-state index in [-0.39, 0.29) is 41.7 Å². The number of aliphatic hydroxyl groups is 7. The van der Waals surface area contributed by atoms with Crippen LogP contribution in [0.3, 0.4) is 0 Å². The van der Waals surface area contributed by atoms with E-state index in [1.54, 1.807) is 0 Å². The van der Waals surface area contributed by atoms with E-state index in [9.17, 15) is 45.3 Å². The number of carbonyl (C=O) groups excluding carboxylic acids is 1. The van der Waals surface area contributed by atoms with E-state index in [4.69, 9.17) is 38.3 Å². The van der Waals surface area contributed by atoms with Crippen molar-refractivity contribution in [2.45, 2.75) is 196 Å². The molecule has 0 aromatic rings. The van der Waals surface area contributed by atoms with Crippen LogP contribution < -0.4 is 0 Å². The standard InChI is InChI=1S/C44H68O17/c1-20-32-28(61-44(20)13-9-24(60-44)19-55-31(48)17-41(3,54)16-30(46)47)15-27-25-7-6-22-14-23(8-11-42(22,4)26(25)10-12-43(27,32)5)57-40-38(36(52)34(50)29(18-45)58-40)59-39-37(53)35(51)33(49)21(2)56-39/h6,20-21,23-29,32-40,45,49-54H,7-19H2,1-5H3,(H,46,47)/t20-,21-,23-,24-,25+,26-,27+,28-,29+,32-,33-,34+,35+,36-,37+,38+,39-,40+,41+,42-,43-,44+/m0/s1. The number of ether oxygens (including phenoxy) is 7. The van der Waals surface area contributed by atoms with E-state index in [2.05, 4.69) is 26.8 Å². The van der Waals surface area contributed by atoms with Crippen molar-refractivity contribution >= 4 is 11.9 Å². The molecule has 3 saturated carbocycles. The second-order valence-corrected chi connectivity index (χ2v) is 20.5. The fourth-order valence-electron chi connectivity index (χ4n) is 13.4. The maximum atomic E-state index is 12.5.